The first-order valence-electron chi connectivity index (χ1n) is 10.9. The van der Waals surface area contributed by atoms with E-state index in [1.54, 1.807) is 36.4 Å². The summed E-state index contributed by atoms with van der Waals surface area (Å²) in [5, 5.41) is 2.62. The molecule has 0 saturated heterocycles. The third kappa shape index (κ3) is 7.99. The molecule has 1 amide bonds. The summed E-state index contributed by atoms with van der Waals surface area (Å²) in [6.45, 7) is 1.96. The molecule has 0 radical (unpaired) electrons. The molecule has 2 rings (SSSR count). The van der Waals surface area contributed by atoms with Gasteiger partial charge in [0.15, 0.2) is 18.1 Å². The molecule has 0 aromatic heterocycles. The van der Waals surface area contributed by atoms with E-state index in [9.17, 15) is 14.4 Å². The Balaban J connectivity index is 1.80. The number of nitrogens with one attached hydrogen (secondary N) is 1. The number of esters is 2. The summed E-state index contributed by atoms with van der Waals surface area (Å²) in [6, 6.07) is 9.80. The summed E-state index contributed by atoms with van der Waals surface area (Å²) in [7, 11) is 4.54. The third-order valence-corrected chi connectivity index (χ3v) is 4.84. The van der Waals surface area contributed by atoms with E-state index < -0.39 is 24.5 Å². The lowest BCUT2D eigenvalue weighted by molar-refractivity contribution is -0.147. The Bertz CT molecular complexity index is 946. The largest absolute Gasteiger partial charge is 0.493 e. The Kier molecular flexibility index (Phi) is 10.7. The van der Waals surface area contributed by atoms with Gasteiger partial charge in [-0.3, -0.25) is 9.59 Å². The minimum atomic E-state index is -0.519. The van der Waals surface area contributed by atoms with E-state index >= 15 is 0 Å². The van der Waals surface area contributed by atoms with Gasteiger partial charge in [0.25, 0.3) is 5.91 Å². The predicted molar refractivity (Wildman–Crippen MR) is 126 cm³/mol. The number of aryl methyl sites for hydroxylation is 1. The van der Waals surface area contributed by atoms with Gasteiger partial charge in [0.1, 0.15) is 0 Å². The van der Waals surface area contributed by atoms with Crippen molar-refractivity contribution >= 4 is 23.5 Å². The fraction of sp³-hybridized carbons (Fsp3) is 0.400. The van der Waals surface area contributed by atoms with Gasteiger partial charge in [0.2, 0.25) is 5.75 Å². The van der Waals surface area contributed by atoms with Crippen molar-refractivity contribution in [2.24, 2.45) is 0 Å². The fourth-order valence-corrected chi connectivity index (χ4v) is 3.02. The smallest absolute Gasteiger partial charge is 0.338 e. The van der Waals surface area contributed by atoms with Crippen molar-refractivity contribution in [2.45, 2.75) is 32.6 Å². The molecule has 1 N–H and O–H groups in total. The van der Waals surface area contributed by atoms with Crippen LogP contribution in [-0.4, -0.2) is 52.4 Å². The average molecular weight is 474 g/mol. The molecule has 0 bridgehead atoms. The number of carbonyl (C=O) groups is 3. The Labute approximate surface area is 199 Å². The van der Waals surface area contributed by atoms with Crippen LogP contribution in [0, 0.1) is 0 Å². The molecule has 9 heteroatoms. The van der Waals surface area contributed by atoms with Crippen molar-refractivity contribution in [3.8, 4) is 17.2 Å². The minimum absolute atomic E-state index is 0.0702. The number of carbonyl (C=O) groups excluding carboxylic acids is 3. The Morgan fingerprint density at radius 1 is 0.882 bits per heavy atom. The number of amides is 1. The van der Waals surface area contributed by atoms with Crippen molar-refractivity contribution in [3.05, 3.63) is 47.5 Å². The highest BCUT2D eigenvalue weighted by atomic mass is 16.5. The molecule has 0 atom stereocenters. The molecule has 0 fully saturated rings. The second-order valence-corrected chi connectivity index (χ2v) is 7.31. The fourth-order valence-electron chi connectivity index (χ4n) is 3.02. The lowest BCUT2D eigenvalue weighted by Gasteiger charge is -2.14. The van der Waals surface area contributed by atoms with Crippen molar-refractivity contribution in [1.29, 1.82) is 0 Å². The Morgan fingerprint density at radius 2 is 1.53 bits per heavy atom. The van der Waals surface area contributed by atoms with Crippen LogP contribution in [0.3, 0.4) is 0 Å². The molecule has 9 nitrogen and oxygen atoms in total. The molecule has 0 aliphatic rings. The average Bonchev–Trinajstić information content (AvgIpc) is 2.85. The molecule has 0 aliphatic carbocycles. The van der Waals surface area contributed by atoms with Gasteiger partial charge in [0.05, 0.1) is 33.5 Å². The molecule has 0 unspecified atom stereocenters. The number of benzene rings is 2. The highest BCUT2D eigenvalue weighted by Crippen LogP contribution is 2.38. The number of unbranched alkanes of at least 4 members (excludes halogenated alkanes) is 1. The van der Waals surface area contributed by atoms with Crippen LogP contribution < -0.4 is 19.5 Å². The zero-order valence-electron chi connectivity index (χ0n) is 20.0. The van der Waals surface area contributed by atoms with Crippen LogP contribution in [0.1, 0.15) is 42.1 Å². The topological polar surface area (TPSA) is 109 Å². The predicted octanol–water partition coefficient (Wildman–Crippen LogP) is 3.78. The van der Waals surface area contributed by atoms with Crippen LogP contribution in [0.15, 0.2) is 36.4 Å². The van der Waals surface area contributed by atoms with Crippen molar-refractivity contribution in [1.82, 2.24) is 0 Å². The molecule has 0 heterocycles. The van der Waals surface area contributed by atoms with Gasteiger partial charge in [-0.25, -0.2) is 4.79 Å². The summed E-state index contributed by atoms with van der Waals surface area (Å²) < 4.78 is 26.1. The van der Waals surface area contributed by atoms with Crippen molar-refractivity contribution in [3.63, 3.8) is 0 Å². The van der Waals surface area contributed by atoms with E-state index in [0.29, 0.717) is 41.5 Å². The van der Waals surface area contributed by atoms with Gasteiger partial charge >= 0.3 is 11.9 Å². The van der Waals surface area contributed by atoms with Crippen LogP contribution >= 0.6 is 0 Å². The normalized spacial score (nSPS) is 10.2. The number of methoxy groups -OCH3 is 3. The zero-order chi connectivity index (χ0) is 24.9. The summed E-state index contributed by atoms with van der Waals surface area (Å²) >= 11 is 0. The van der Waals surface area contributed by atoms with Crippen LogP contribution in [0.25, 0.3) is 0 Å². The number of rotatable bonds is 13. The SMILES string of the molecule is CCCCOC(=O)c1ccc(NC(=O)COC(=O)CCc2cc(OC)c(OC)c(OC)c2)cc1. The number of anilines is 1. The third-order valence-electron chi connectivity index (χ3n) is 4.84. The molecule has 2 aromatic carbocycles. The van der Waals surface area contributed by atoms with Gasteiger partial charge in [-0.2, -0.15) is 0 Å². The monoisotopic (exact) mass is 473 g/mol. The molecule has 184 valence electrons. The summed E-state index contributed by atoms with van der Waals surface area (Å²) in [6.07, 6.45) is 2.18. The van der Waals surface area contributed by atoms with E-state index in [0.717, 1.165) is 18.4 Å². The van der Waals surface area contributed by atoms with Crippen molar-refractivity contribution in [2.75, 3.05) is 39.9 Å². The van der Waals surface area contributed by atoms with Crippen LogP contribution in [0.4, 0.5) is 5.69 Å². The summed E-state index contributed by atoms with van der Waals surface area (Å²) in [5.74, 6) is 0.0323. The maximum Gasteiger partial charge on any atom is 0.338 e. The first kappa shape index (κ1) is 26.5. The van der Waals surface area contributed by atoms with E-state index in [-0.39, 0.29) is 6.42 Å². The second kappa shape index (κ2) is 13.7. The molecular weight excluding hydrogens is 442 g/mol. The first-order valence-corrected chi connectivity index (χ1v) is 10.9. The number of hydrogen-bond acceptors (Lipinski definition) is 8. The quantitative estimate of drug-likeness (QED) is 0.346. The van der Waals surface area contributed by atoms with Gasteiger partial charge in [-0.15, -0.1) is 0 Å². The molecule has 0 spiro atoms. The van der Waals surface area contributed by atoms with E-state index in [1.165, 1.54) is 21.3 Å². The van der Waals surface area contributed by atoms with Gasteiger partial charge in [-0.05, 0) is 54.8 Å². The van der Waals surface area contributed by atoms with E-state index in [1.807, 2.05) is 6.92 Å². The molecule has 2 aromatic rings. The maximum absolute atomic E-state index is 12.1. The highest BCUT2D eigenvalue weighted by molar-refractivity contribution is 5.94. The van der Waals surface area contributed by atoms with Gasteiger partial charge in [-0.1, -0.05) is 13.3 Å². The molecule has 0 saturated carbocycles. The lowest BCUT2D eigenvalue weighted by Crippen LogP contribution is -2.21. The zero-order valence-corrected chi connectivity index (χ0v) is 20.0. The molecule has 0 aliphatic heterocycles. The second-order valence-electron chi connectivity index (χ2n) is 7.31. The lowest BCUT2D eigenvalue weighted by atomic mass is 10.1. The minimum Gasteiger partial charge on any atom is -0.493 e. The Morgan fingerprint density at radius 3 is 2.09 bits per heavy atom. The first-order chi connectivity index (χ1) is 16.4. The van der Waals surface area contributed by atoms with Crippen molar-refractivity contribution < 1.29 is 38.1 Å². The van der Waals surface area contributed by atoms with Crippen LogP contribution in [0.5, 0.6) is 17.2 Å². The molecule has 34 heavy (non-hydrogen) atoms. The van der Waals surface area contributed by atoms with E-state index in [2.05, 4.69) is 5.32 Å². The van der Waals surface area contributed by atoms with E-state index in [4.69, 9.17) is 23.7 Å². The summed E-state index contributed by atoms with van der Waals surface area (Å²) in [4.78, 5) is 36.1. The summed E-state index contributed by atoms with van der Waals surface area (Å²) in [5.41, 5.74) is 1.67. The molecular formula is C25H31NO8. The van der Waals surface area contributed by atoms with Gasteiger partial charge in [0, 0.05) is 12.1 Å². The Hall–Kier alpha value is -3.75. The van der Waals surface area contributed by atoms with Gasteiger partial charge < -0.3 is 29.0 Å². The number of hydrogen-bond donors (Lipinski definition) is 1. The highest BCUT2D eigenvalue weighted by Gasteiger charge is 2.15. The van der Waals surface area contributed by atoms with Crippen LogP contribution in [-0.2, 0) is 25.5 Å². The van der Waals surface area contributed by atoms with Crippen LogP contribution in [0.2, 0.25) is 0 Å². The standard InChI is InChI=1S/C25H31NO8/c1-5-6-13-33-25(29)18-8-10-19(11-9-18)26-22(27)16-34-23(28)12-7-17-14-20(30-2)24(32-4)21(15-17)31-3/h8-11,14-15H,5-7,12-13,16H2,1-4H3,(H,26,27). The maximum atomic E-state index is 12.1. The number of ether oxygens (including phenoxy) is 5.